The van der Waals surface area contributed by atoms with Gasteiger partial charge < -0.3 is 15.5 Å². The van der Waals surface area contributed by atoms with Gasteiger partial charge in [0.1, 0.15) is 11.5 Å². The van der Waals surface area contributed by atoms with Crippen LogP contribution >= 0.6 is 0 Å². The van der Waals surface area contributed by atoms with Crippen LogP contribution in [0.15, 0.2) is 40.9 Å². The van der Waals surface area contributed by atoms with Crippen molar-refractivity contribution in [1.29, 1.82) is 0 Å². The predicted molar refractivity (Wildman–Crippen MR) is 86.4 cm³/mol. The third-order valence-corrected chi connectivity index (χ3v) is 3.63. The van der Waals surface area contributed by atoms with Crippen LogP contribution in [-0.4, -0.2) is 4.98 Å². The maximum atomic E-state index is 6.03. The second-order valence-corrected chi connectivity index (χ2v) is 5.39. The van der Waals surface area contributed by atoms with Crippen LogP contribution in [0.25, 0.3) is 10.8 Å². The first-order chi connectivity index (χ1) is 10.0. The van der Waals surface area contributed by atoms with Gasteiger partial charge in [-0.25, -0.2) is 0 Å². The molecule has 3 rings (SSSR count). The van der Waals surface area contributed by atoms with Gasteiger partial charge in [0.15, 0.2) is 0 Å². The number of aryl methyl sites for hydroxylation is 2. The molecule has 0 aliphatic heterocycles. The number of nitrogens with one attached hydrogen (secondary N) is 1. The smallest absolute Gasteiger partial charge is 0.126 e. The molecule has 0 aliphatic rings. The highest BCUT2D eigenvalue weighted by Crippen LogP contribution is 2.31. The lowest BCUT2D eigenvalue weighted by atomic mass is 10.1. The van der Waals surface area contributed by atoms with E-state index >= 15 is 0 Å². The number of furan rings is 1. The molecule has 2 aromatic heterocycles. The van der Waals surface area contributed by atoms with Gasteiger partial charge >= 0.3 is 0 Å². The molecule has 1 atom stereocenters. The molecular weight excluding hydrogens is 262 g/mol. The van der Waals surface area contributed by atoms with Crippen LogP contribution < -0.4 is 11.1 Å². The molecule has 1 aromatic carbocycles. The van der Waals surface area contributed by atoms with Gasteiger partial charge in [-0.2, -0.15) is 0 Å². The summed E-state index contributed by atoms with van der Waals surface area (Å²) in [6.45, 7) is 6.00. The molecule has 0 amide bonds. The minimum Gasteiger partial charge on any atom is -0.464 e. The fourth-order valence-corrected chi connectivity index (χ4v) is 2.48. The summed E-state index contributed by atoms with van der Waals surface area (Å²) in [6, 6.07) is 10.0. The summed E-state index contributed by atoms with van der Waals surface area (Å²) < 4.78 is 5.68. The number of hydrogen-bond acceptors (Lipinski definition) is 4. The van der Waals surface area contributed by atoms with Crippen LogP contribution in [0.1, 0.15) is 30.2 Å². The van der Waals surface area contributed by atoms with Gasteiger partial charge in [0.05, 0.1) is 6.04 Å². The van der Waals surface area contributed by atoms with Crippen molar-refractivity contribution in [2.24, 2.45) is 0 Å². The molecule has 108 valence electrons. The Morgan fingerprint density at radius 1 is 1.14 bits per heavy atom. The Kier molecular flexibility index (Phi) is 3.29. The normalized spacial score (nSPS) is 12.5. The topological polar surface area (TPSA) is 64.1 Å². The highest BCUT2D eigenvalue weighted by molar-refractivity contribution is 6.00. The van der Waals surface area contributed by atoms with Crippen LogP contribution in [0, 0.1) is 13.8 Å². The van der Waals surface area contributed by atoms with Crippen molar-refractivity contribution < 1.29 is 4.42 Å². The van der Waals surface area contributed by atoms with Gasteiger partial charge in [-0.3, -0.25) is 4.98 Å². The van der Waals surface area contributed by atoms with E-state index in [0.717, 1.165) is 39.4 Å². The van der Waals surface area contributed by atoms with Crippen LogP contribution in [0.2, 0.25) is 0 Å². The Morgan fingerprint density at radius 3 is 2.67 bits per heavy atom. The van der Waals surface area contributed by atoms with E-state index in [1.165, 1.54) is 0 Å². The first kappa shape index (κ1) is 13.5. The Labute approximate surface area is 124 Å². The molecule has 2 heterocycles. The van der Waals surface area contributed by atoms with Crippen LogP contribution in [0.5, 0.6) is 0 Å². The standard InChI is InChI=1S/C17H19N3O/c1-10-8-13-14(9-19-10)15(18)5-6-16(13)20-12(3)17-7-4-11(2)21-17/h4-9,12,20H,18H2,1-3H3. The van der Waals surface area contributed by atoms with Crippen LogP contribution in [0.4, 0.5) is 11.4 Å². The van der Waals surface area contributed by atoms with Crippen molar-refractivity contribution in [3.63, 3.8) is 0 Å². The zero-order chi connectivity index (χ0) is 15.0. The highest BCUT2D eigenvalue weighted by Gasteiger charge is 2.12. The molecule has 3 N–H and O–H groups in total. The minimum absolute atomic E-state index is 0.0824. The lowest BCUT2D eigenvalue weighted by Crippen LogP contribution is -2.06. The van der Waals surface area contributed by atoms with E-state index in [4.69, 9.17) is 10.2 Å². The third-order valence-electron chi connectivity index (χ3n) is 3.63. The Balaban J connectivity index is 2.00. The molecule has 0 bridgehead atoms. The number of nitrogens with two attached hydrogens (primary N) is 1. The molecule has 21 heavy (non-hydrogen) atoms. The number of pyridine rings is 1. The SMILES string of the molecule is Cc1cc2c(NC(C)c3ccc(C)o3)ccc(N)c2cn1. The molecule has 0 aliphatic carbocycles. The zero-order valence-corrected chi connectivity index (χ0v) is 12.5. The number of anilines is 2. The molecule has 1 unspecified atom stereocenters. The van der Waals surface area contributed by atoms with Crippen molar-refractivity contribution in [2.75, 3.05) is 11.1 Å². The third kappa shape index (κ3) is 2.57. The number of nitrogens with zero attached hydrogens (tertiary/aromatic N) is 1. The van der Waals surface area contributed by atoms with E-state index in [1.807, 2.05) is 50.4 Å². The molecule has 4 nitrogen and oxygen atoms in total. The summed E-state index contributed by atoms with van der Waals surface area (Å²) in [6.07, 6.45) is 1.83. The first-order valence-electron chi connectivity index (χ1n) is 7.02. The predicted octanol–water partition coefficient (Wildman–Crippen LogP) is 4.20. The van der Waals surface area contributed by atoms with Gasteiger partial charge in [-0.15, -0.1) is 0 Å². The van der Waals surface area contributed by atoms with E-state index < -0.39 is 0 Å². The Morgan fingerprint density at radius 2 is 1.95 bits per heavy atom. The molecule has 0 saturated heterocycles. The van der Waals surface area contributed by atoms with Crippen molar-refractivity contribution >= 4 is 22.1 Å². The molecule has 0 spiro atoms. The van der Waals surface area contributed by atoms with Gasteiger partial charge in [0.2, 0.25) is 0 Å². The van der Waals surface area contributed by atoms with Gasteiger partial charge in [-0.05, 0) is 51.1 Å². The molecular formula is C17H19N3O. The van der Waals surface area contributed by atoms with Crippen LogP contribution in [-0.2, 0) is 0 Å². The van der Waals surface area contributed by atoms with E-state index in [2.05, 4.69) is 17.2 Å². The molecule has 0 radical (unpaired) electrons. The molecule has 4 heteroatoms. The first-order valence-corrected chi connectivity index (χ1v) is 7.02. The number of aromatic nitrogens is 1. The monoisotopic (exact) mass is 281 g/mol. The van der Waals surface area contributed by atoms with Gasteiger partial charge in [0, 0.05) is 34.0 Å². The summed E-state index contributed by atoms with van der Waals surface area (Å²) in [5.74, 6) is 1.84. The number of fused-ring (bicyclic) bond motifs is 1. The number of rotatable bonds is 3. The average molecular weight is 281 g/mol. The number of nitrogen functional groups attached to an aromatic ring is 1. The summed E-state index contributed by atoms with van der Waals surface area (Å²) in [5, 5.41) is 5.54. The fourth-order valence-electron chi connectivity index (χ4n) is 2.48. The van der Waals surface area contributed by atoms with E-state index in [0.29, 0.717) is 0 Å². The summed E-state index contributed by atoms with van der Waals surface area (Å²) in [5.41, 5.74) is 8.78. The van der Waals surface area contributed by atoms with Crippen molar-refractivity contribution in [3.8, 4) is 0 Å². The highest BCUT2D eigenvalue weighted by atomic mass is 16.3. The number of benzene rings is 1. The van der Waals surface area contributed by atoms with Gasteiger partial charge in [-0.1, -0.05) is 0 Å². The summed E-state index contributed by atoms with van der Waals surface area (Å²) in [4.78, 5) is 4.32. The maximum Gasteiger partial charge on any atom is 0.126 e. The lowest BCUT2D eigenvalue weighted by Gasteiger charge is -2.16. The fraction of sp³-hybridized carbons (Fsp3) is 0.235. The average Bonchev–Trinajstić information content (AvgIpc) is 2.88. The Bertz CT molecular complexity index is 792. The second-order valence-electron chi connectivity index (χ2n) is 5.39. The van der Waals surface area contributed by atoms with Gasteiger partial charge in [0.25, 0.3) is 0 Å². The quantitative estimate of drug-likeness (QED) is 0.706. The second kappa shape index (κ2) is 5.13. The minimum atomic E-state index is 0.0824. The summed E-state index contributed by atoms with van der Waals surface area (Å²) in [7, 11) is 0. The van der Waals surface area contributed by atoms with E-state index in [9.17, 15) is 0 Å². The van der Waals surface area contributed by atoms with Crippen LogP contribution in [0.3, 0.4) is 0 Å². The van der Waals surface area contributed by atoms with E-state index in [-0.39, 0.29) is 6.04 Å². The largest absolute Gasteiger partial charge is 0.464 e. The van der Waals surface area contributed by atoms with E-state index in [1.54, 1.807) is 0 Å². The molecule has 0 saturated carbocycles. The lowest BCUT2D eigenvalue weighted by molar-refractivity contribution is 0.467. The molecule has 3 aromatic rings. The zero-order valence-electron chi connectivity index (χ0n) is 12.5. The van der Waals surface area contributed by atoms with Crippen molar-refractivity contribution in [1.82, 2.24) is 4.98 Å². The maximum absolute atomic E-state index is 6.03. The summed E-state index contributed by atoms with van der Waals surface area (Å²) >= 11 is 0. The van der Waals surface area contributed by atoms with Crippen molar-refractivity contribution in [3.05, 3.63) is 53.7 Å². The van der Waals surface area contributed by atoms with Crippen molar-refractivity contribution in [2.45, 2.75) is 26.8 Å². The molecule has 0 fully saturated rings. The Hall–Kier alpha value is -2.49. The number of hydrogen-bond donors (Lipinski definition) is 2.